The lowest BCUT2D eigenvalue weighted by atomic mass is 10.2. The van der Waals surface area contributed by atoms with Crippen molar-refractivity contribution >= 4 is 32.3 Å². The topological polar surface area (TPSA) is 28.0 Å². The Hall–Kier alpha value is -1.35. The average molecular weight is 483 g/mol. The summed E-state index contributed by atoms with van der Waals surface area (Å²) in [5, 5.41) is 0. The first-order chi connectivity index (χ1) is 10.8. The molecule has 0 aromatic heterocycles. The van der Waals surface area contributed by atoms with Crippen molar-refractivity contribution in [1.29, 1.82) is 0 Å². The number of amidine groups is 2. The van der Waals surface area contributed by atoms with Crippen LogP contribution in [0.2, 0.25) is 0 Å². The molecule has 0 N–H and O–H groups in total. The molecule has 0 aromatic carbocycles. The minimum absolute atomic E-state index is 0.602. The highest BCUT2D eigenvalue weighted by Crippen LogP contribution is 2.35. The largest absolute Gasteiger partial charge is 0.330 e. The summed E-state index contributed by atoms with van der Waals surface area (Å²) in [4.78, 5) is 4.68. The van der Waals surface area contributed by atoms with Crippen LogP contribution in [0.5, 0.6) is 0 Å². The number of alkyl halides is 6. The fourth-order valence-electron chi connectivity index (χ4n) is 1.49. The van der Waals surface area contributed by atoms with Crippen LogP contribution in [0.25, 0.3) is 0 Å². The van der Waals surface area contributed by atoms with E-state index >= 15 is 0 Å². The van der Waals surface area contributed by atoms with Gasteiger partial charge in [-0.1, -0.05) is 0 Å². The van der Waals surface area contributed by atoms with Crippen LogP contribution in [0.1, 0.15) is 0 Å². The van der Waals surface area contributed by atoms with Gasteiger partial charge < -0.3 is 0 Å². The average Bonchev–Trinajstić information content (AvgIpc) is 2.33. The Morgan fingerprint density at radius 2 is 1.54 bits per heavy atom. The summed E-state index contributed by atoms with van der Waals surface area (Å²) in [7, 11) is 0. The van der Waals surface area contributed by atoms with E-state index < -0.39 is 63.5 Å². The predicted octanol–water partition coefficient (Wildman–Crippen LogP) is 4.87. The molecule has 1 atom stereocenters. The SMILES string of the molecule is FC(F)=CC(F)(F)C1=NC(C(F)(F)C=C(F)F)N(C(F)F)C(I)=N1. The lowest BCUT2D eigenvalue weighted by Gasteiger charge is -2.35. The summed E-state index contributed by atoms with van der Waals surface area (Å²) in [5.41, 5.74) is 0. The summed E-state index contributed by atoms with van der Waals surface area (Å²) in [5.74, 6) is -11.5. The highest BCUT2D eigenvalue weighted by atomic mass is 127. The zero-order valence-electron chi connectivity index (χ0n) is 10.8. The van der Waals surface area contributed by atoms with Gasteiger partial charge in [-0.2, -0.15) is 43.9 Å². The fraction of sp³-hybridized carbons (Fsp3) is 0.400. The molecule has 1 unspecified atom stereocenters. The maximum absolute atomic E-state index is 13.7. The van der Waals surface area contributed by atoms with Crippen molar-refractivity contribution < 1.29 is 43.9 Å². The van der Waals surface area contributed by atoms with E-state index in [0.717, 1.165) is 22.6 Å². The highest BCUT2D eigenvalue weighted by Gasteiger charge is 2.51. The number of hydrogen-bond donors (Lipinski definition) is 0. The summed E-state index contributed by atoms with van der Waals surface area (Å²) < 4.78 is 127. The van der Waals surface area contributed by atoms with E-state index in [1.807, 2.05) is 0 Å². The Morgan fingerprint density at radius 3 is 1.96 bits per heavy atom. The zero-order chi connectivity index (χ0) is 18.9. The molecule has 0 amide bonds. The van der Waals surface area contributed by atoms with Gasteiger partial charge >= 0.3 is 18.4 Å². The van der Waals surface area contributed by atoms with Crippen LogP contribution in [0.3, 0.4) is 0 Å². The Kier molecular flexibility index (Phi) is 6.26. The van der Waals surface area contributed by atoms with Gasteiger partial charge in [0.15, 0.2) is 10.0 Å². The van der Waals surface area contributed by atoms with Gasteiger partial charge in [-0.05, 0) is 22.6 Å². The van der Waals surface area contributed by atoms with Crippen LogP contribution in [-0.2, 0) is 0 Å². The molecule has 24 heavy (non-hydrogen) atoms. The first-order valence-electron chi connectivity index (χ1n) is 5.50. The van der Waals surface area contributed by atoms with Crippen LogP contribution in [0.4, 0.5) is 43.9 Å². The molecule has 1 aliphatic heterocycles. The smallest absolute Gasteiger partial charge is 0.266 e. The Balaban J connectivity index is 3.48. The highest BCUT2D eigenvalue weighted by molar-refractivity contribution is 14.1. The molecule has 1 rings (SSSR count). The summed E-state index contributed by atoms with van der Waals surface area (Å²) in [6.45, 7) is -3.76. The molecular formula is C10H4F10IN3. The molecule has 14 heteroatoms. The normalized spacial score (nSPS) is 19.0. The van der Waals surface area contributed by atoms with Gasteiger partial charge in [-0.3, -0.25) is 4.90 Å². The molecule has 0 spiro atoms. The van der Waals surface area contributed by atoms with Gasteiger partial charge in [-0.25, -0.2) is 9.98 Å². The van der Waals surface area contributed by atoms with Crippen molar-refractivity contribution in [2.24, 2.45) is 9.98 Å². The zero-order valence-corrected chi connectivity index (χ0v) is 13.0. The van der Waals surface area contributed by atoms with Crippen molar-refractivity contribution in [3.05, 3.63) is 24.3 Å². The number of nitrogens with zero attached hydrogens (tertiary/aromatic N) is 3. The van der Waals surface area contributed by atoms with Gasteiger partial charge in [0, 0.05) is 0 Å². The van der Waals surface area contributed by atoms with Crippen molar-refractivity contribution in [3.8, 4) is 0 Å². The summed E-state index contributed by atoms with van der Waals surface area (Å²) in [6, 6.07) is 0. The van der Waals surface area contributed by atoms with Gasteiger partial charge in [0.05, 0.1) is 12.2 Å². The van der Waals surface area contributed by atoms with Gasteiger partial charge in [0.25, 0.3) is 12.2 Å². The number of halogens is 11. The van der Waals surface area contributed by atoms with Crippen LogP contribution < -0.4 is 0 Å². The molecular weight excluding hydrogens is 479 g/mol. The molecule has 0 saturated heterocycles. The molecule has 0 fully saturated rings. The molecule has 3 nitrogen and oxygen atoms in total. The van der Waals surface area contributed by atoms with E-state index in [1.165, 1.54) is 0 Å². The lowest BCUT2D eigenvalue weighted by Crippen LogP contribution is -2.53. The number of hydrogen-bond acceptors (Lipinski definition) is 3. The van der Waals surface area contributed by atoms with Crippen molar-refractivity contribution in [1.82, 2.24) is 4.90 Å². The second-order valence-corrected chi connectivity index (χ2v) is 5.02. The summed E-state index contributed by atoms with van der Waals surface area (Å²) in [6.07, 6.45) is -11.2. The quantitative estimate of drug-likeness (QED) is 0.312. The minimum atomic E-state index is -4.82. The number of rotatable bonds is 5. The maximum atomic E-state index is 13.7. The second-order valence-electron chi connectivity index (χ2n) is 4.06. The van der Waals surface area contributed by atoms with E-state index in [9.17, 15) is 43.9 Å². The molecule has 0 saturated carbocycles. The maximum Gasteiger partial charge on any atom is 0.330 e. The van der Waals surface area contributed by atoms with Crippen molar-refractivity contribution in [2.45, 2.75) is 24.6 Å². The Morgan fingerprint density at radius 1 is 1.04 bits per heavy atom. The van der Waals surface area contributed by atoms with E-state index in [4.69, 9.17) is 0 Å². The Bertz CT molecular complexity index is 604. The van der Waals surface area contributed by atoms with Gasteiger partial charge in [0.2, 0.25) is 5.84 Å². The third kappa shape index (κ3) is 4.83. The monoisotopic (exact) mass is 483 g/mol. The van der Waals surface area contributed by atoms with E-state index in [0.29, 0.717) is 0 Å². The Labute approximate surface area is 140 Å². The first kappa shape index (κ1) is 20.7. The molecule has 0 aliphatic carbocycles. The minimum Gasteiger partial charge on any atom is -0.266 e. The third-order valence-corrected chi connectivity index (χ3v) is 3.16. The van der Waals surface area contributed by atoms with E-state index in [-0.39, 0.29) is 0 Å². The molecule has 1 aliphatic rings. The predicted molar refractivity (Wildman–Crippen MR) is 71.0 cm³/mol. The van der Waals surface area contributed by atoms with Crippen molar-refractivity contribution in [3.63, 3.8) is 0 Å². The third-order valence-electron chi connectivity index (χ3n) is 2.36. The van der Waals surface area contributed by atoms with Crippen LogP contribution in [-0.4, -0.2) is 39.1 Å². The fourth-order valence-corrected chi connectivity index (χ4v) is 2.20. The van der Waals surface area contributed by atoms with E-state index in [2.05, 4.69) is 9.98 Å². The molecule has 0 aromatic rings. The number of aliphatic imine (C=N–C) groups is 2. The molecule has 0 radical (unpaired) electrons. The molecule has 136 valence electrons. The van der Waals surface area contributed by atoms with Gasteiger partial charge in [0.1, 0.15) is 0 Å². The lowest BCUT2D eigenvalue weighted by molar-refractivity contribution is -0.0841. The van der Waals surface area contributed by atoms with Gasteiger partial charge in [-0.15, -0.1) is 0 Å². The molecule has 0 bridgehead atoms. The second kappa shape index (κ2) is 7.26. The van der Waals surface area contributed by atoms with Crippen molar-refractivity contribution in [2.75, 3.05) is 0 Å². The van der Waals surface area contributed by atoms with Crippen LogP contribution >= 0.6 is 22.6 Å². The molecule has 1 heterocycles. The van der Waals surface area contributed by atoms with Crippen LogP contribution in [0.15, 0.2) is 34.3 Å². The standard InChI is InChI=1S/C10H4F10IN3/c11-3(12)1-9(17,18)5-22-6(10(19,20)2-4(13)14)24(7(15)16)8(21)23-5/h1-2,6-7H. The van der Waals surface area contributed by atoms with Crippen LogP contribution in [0, 0.1) is 0 Å². The van der Waals surface area contributed by atoms with E-state index in [1.54, 1.807) is 0 Å². The first-order valence-corrected chi connectivity index (χ1v) is 6.58. The summed E-state index contributed by atoms with van der Waals surface area (Å²) >= 11 is 0.844.